The molecule has 0 radical (unpaired) electrons. The van der Waals surface area contributed by atoms with Gasteiger partial charge in [-0.05, 0) is 25.0 Å². The third-order valence-electron chi connectivity index (χ3n) is 2.93. The van der Waals surface area contributed by atoms with E-state index in [1.54, 1.807) is 0 Å². The molecule has 1 aliphatic carbocycles. The molecule has 4 nitrogen and oxygen atoms in total. The lowest BCUT2D eigenvalue weighted by molar-refractivity contribution is 0.0780. The molecule has 0 aromatic heterocycles. The molecule has 104 valence electrons. The van der Waals surface area contributed by atoms with Crippen molar-refractivity contribution in [3.63, 3.8) is 0 Å². The van der Waals surface area contributed by atoms with Crippen molar-refractivity contribution in [2.45, 2.75) is 23.8 Å². The summed E-state index contributed by atoms with van der Waals surface area (Å²) in [4.78, 5) is 12.7. The van der Waals surface area contributed by atoms with E-state index < -0.39 is 37.1 Å². The van der Waals surface area contributed by atoms with Crippen LogP contribution in [0.1, 0.15) is 23.2 Å². The summed E-state index contributed by atoms with van der Waals surface area (Å²) < 4.78 is 49.0. The fraction of sp³-hybridized carbons (Fsp3) is 0.364. The van der Waals surface area contributed by atoms with E-state index in [0.29, 0.717) is 12.1 Å². The molecule has 1 saturated carbocycles. The fourth-order valence-corrected chi connectivity index (χ4v) is 2.75. The molecule has 0 spiro atoms. The first-order chi connectivity index (χ1) is 8.71. The molecule has 0 aliphatic heterocycles. The zero-order chi connectivity index (χ0) is 14.4. The average Bonchev–Trinajstić information content (AvgIpc) is 3.12. The Morgan fingerprint density at radius 3 is 2.32 bits per heavy atom. The van der Waals surface area contributed by atoms with Crippen LogP contribution in [-0.4, -0.2) is 32.3 Å². The van der Waals surface area contributed by atoms with Crippen LogP contribution in [0.4, 0.5) is 8.78 Å². The van der Waals surface area contributed by atoms with Crippen LogP contribution in [0.2, 0.25) is 0 Å². The van der Waals surface area contributed by atoms with Crippen LogP contribution in [-0.2, 0) is 9.05 Å². The van der Waals surface area contributed by atoms with Crippen LogP contribution in [0.5, 0.6) is 0 Å². The molecular formula is C11H10ClF2NO3S. The second kappa shape index (κ2) is 4.72. The van der Waals surface area contributed by atoms with E-state index in [9.17, 15) is 22.0 Å². The maximum atomic E-state index is 13.2. The first-order valence-corrected chi connectivity index (χ1v) is 7.73. The van der Waals surface area contributed by atoms with Gasteiger partial charge in [-0.3, -0.25) is 4.79 Å². The quantitative estimate of drug-likeness (QED) is 0.804. The third kappa shape index (κ3) is 2.87. The summed E-state index contributed by atoms with van der Waals surface area (Å²) >= 11 is 0. The fourth-order valence-electron chi connectivity index (χ4n) is 1.72. The standard InChI is InChI=1S/C11H10ClF2NO3S/c1-15(6-2-3-6)11(16)7-4-8(13)9(14)5-10(7)19(12,17)18/h4-6H,2-3H2,1H3. The minimum atomic E-state index is -4.34. The largest absolute Gasteiger partial charge is 0.339 e. The van der Waals surface area contributed by atoms with Gasteiger partial charge in [-0.2, -0.15) is 0 Å². The molecule has 0 bridgehead atoms. The van der Waals surface area contributed by atoms with Gasteiger partial charge in [0.15, 0.2) is 11.6 Å². The van der Waals surface area contributed by atoms with Crippen LogP contribution >= 0.6 is 10.7 Å². The summed E-state index contributed by atoms with van der Waals surface area (Å²) in [6, 6.07) is 0.990. The van der Waals surface area contributed by atoms with Gasteiger partial charge in [0, 0.05) is 23.8 Å². The van der Waals surface area contributed by atoms with Crippen molar-refractivity contribution in [3.8, 4) is 0 Å². The molecule has 0 atom stereocenters. The monoisotopic (exact) mass is 309 g/mol. The molecule has 2 rings (SSSR count). The number of nitrogens with zero attached hydrogens (tertiary/aromatic N) is 1. The molecule has 1 aromatic carbocycles. The molecule has 1 amide bonds. The maximum Gasteiger partial charge on any atom is 0.262 e. The van der Waals surface area contributed by atoms with Crippen molar-refractivity contribution in [1.82, 2.24) is 4.90 Å². The molecule has 8 heteroatoms. The van der Waals surface area contributed by atoms with E-state index in [-0.39, 0.29) is 6.04 Å². The Bertz CT molecular complexity index is 644. The van der Waals surface area contributed by atoms with Gasteiger partial charge < -0.3 is 4.90 Å². The number of halogens is 3. The smallest absolute Gasteiger partial charge is 0.262 e. The minimum Gasteiger partial charge on any atom is -0.339 e. The van der Waals surface area contributed by atoms with E-state index in [1.807, 2.05) is 0 Å². The van der Waals surface area contributed by atoms with Gasteiger partial charge in [-0.25, -0.2) is 17.2 Å². The van der Waals surface area contributed by atoms with Crippen LogP contribution in [0.15, 0.2) is 17.0 Å². The Hall–Kier alpha value is -1.21. The highest BCUT2D eigenvalue weighted by Crippen LogP contribution is 2.29. The lowest BCUT2D eigenvalue weighted by Gasteiger charge is -2.17. The molecule has 0 saturated heterocycles. The van der Waals surface area contributed by atoms with Crippen LogP contribution in [0.3, 0.4) is 0 Å². The van der Waals surface area contributed by atoms with Crippen molar-refractivity contribution < 1.29 is 22.0 Å². The van der Waals surface area contributed by atoms with Crippen LogP contribution in [0, 0.1) is 11.6 Å². The zero-order valence-electron chi connectivity index (χ0n) is 9.86. The number of carbonyl (C=O) groups excluding carboxylic acids is 1. The van der Waals surface area contributed by atoms with Gasteiger partial charge in [-0.15, -0.1) is 0 Å². The van der Waals surface area contributed by atoms with Crippen molar-refractivity contribution in [3.05, 3.63) is 29.3 Å². The highest BCUT2D eigenvalue weighted by atomic mass is 35.7. The number of carbonyl (C=O) groups is 1. The highest BCUT2D eigenvalue weighted by Gasteiger charge is 2.33. The summed E-state index contributed by atoms with van der Waals surface area (Å²) in [6.45, 7) is 0. The predicted octanol–water partition coefficient (Wildman–Crippen LogP) is 2.13. The van der Waals surface area contributed by atoms with Gasteiger partial charge in [0.1, 0.15) is 0 Å². The topological polar surface area (TPSA) is 54.5 Å². The van der Waals surface area contributed by atoms with Crippen LogP contribution < -0.4 is 0 Å². The summed E-state index contributed by atoms with van der Waals surface area (Å²) in [7, 11) is 2.28. The summed E-state index contributed by atoms with van der Waals surface area (Å²) in [5.74, 6) is -3.36. The summed E-state index contributed by atoms with van der Waals surface area (Å²) in [5.41, 5.74) is -0.455. The molecule has 1 fully saturated rings. The highest BCUT2D eigenvalue weighted by molar-refractivity contribution is 8.13. The number of rotatable bonds is 3. The van der Waals surface area contributed by atoms with Gasteiger partial charge in [0.2, 0.25) is 0 Å². The van der Waals surface area contributed by atoms with Crippen LogP contribution in [0.25, 0.3) is 0 Å². The lowest BCUT2D eigenvalue weighted by atomic mass is 10.2. The van der Waals surface area contributed by atoms with Crippen molar-refractivity contribution in [2.75, 3.05) is 7.05 Å². The van der Waals surface area contributed by atoms with Crippen molar-refractivity contribution >= 4 is 25.6 Å². The predicted molar refractivity (Wildman–Crippen MR) is 64.5 cm³/mol. The van der Waals surface area contributed by atoms with E-state index in [4.69, 9.17) is 10.7 Å². The van der Waals surface area contributed by atoms with Gasteiger partial charge in [0.05, 0.1) is 10.5 Å². The molecule has 19 heavy (non-hydrogen) atoms. The third-order valence-corrected chi connectivity index (χ3v) is 4.29. The van der Waals surface area contributed by atoms with Crippen molar-refractivity contribution in [1.29, 1.82) is 0 Å². The molecule has 0 unspecified atom stereocenters. The summed E-state index contributed by atoms with van der Waals surface area (Å²) in [6.07, 6.45) is 1.60. The number of hydrogen-bond acceptors (Lipinski definition) is 3. The average molecular weight is 310 g/mol. The second-order valence-corrected chi connectivity index (χ2v) is 6.88. The van der Waals surface area contributed by atoms with Crippen molar-refractivity contribution in [2.24, 2.45) is 0 Å². The number of amides is 1. The van der Waals surface area contributed by atoms with Gasteiger partial charge in [0.25, 0.3) is 15.0 Å². The Morgan fingerprint density at radius 2 is 1.84 bits per heavy atom. The first-order valence-electron chi connectivity index (χ1n) is 5.42. The second-order valence-electron chi connectivity index (χ2n) is 4.35. The van der Waals surface area contributed by atoms with E-state index in [0.717, 1.165) is 12.8 Å². The molecule has 0 heterocycles. The Labute approximate surface area is 113 Å². The Balaban J connectivity index is 2.54. The number of benzene rings is 1. The summed E-state index contributed by atoms with van der Waals surface area (Å²) in [5, 5.41) is 0. The zero-order valence-corrected chi connectivity index (χ0v) is 11.4. The van der Waals surface area contributed by atoms with Gasteiger partial charge >= 0.3 is 0 Å². The van der Waals surface area contributed by atoms with E-state index in [2.05, 4.69) is 0 Å². The maximum absolute atomic E-state index is 13.2. The molecular weight excluding hydrogens is 300 g/mol. The Morgan fingerprint density at radius 1 is 1.32 bits per heavy atom. The first kappa shape index (κ1) is 14.2. The lowest BCUT2D eigenvalue weighted by Crippen LogP contribution is -2.30. The molecule has 1 aromatic rings. The SMILES string of the molecule is CN(C(=O)c1cc(F)c(F)cc1S(=O)(=O)Cl)C1CC1. The Kier molecular flexibility index (Phi) is 3.53. The minimum absolute atomic E-state index is 0.00601. The normalized spacial score (nSPS) is 15.4. The van der Waals surface area contributed by atoms with E-state index >= 15 is 0 Å². The number of hydrogen-bond donors (Lipinski definition) is 0. The van der Waals surface area contributed by atoms with Gasteiger partial charge in [-0.1, -0.05) is 0 Å². The molecule has 0 N–H and O–H groups in total. The molecule has 1 aliphatic rings. The van der Waals surface area contributed by atoms with E-state index in [1.165, 1.54) is 11.9 Å².